The van der Waals surface area contributed by atoms with Crippen molar-refractivity contribution < 1.29 is 9.90 Å². The predicted octanol–water partition coefficient (Wildman–Crippen LogP) is 1.59. The monoisotopic (exact) mass is 138 g/mol. The van der Waals surface area contributed by atoms with E-state index >= 15 is 0 Å². The molecule has 1 aliphatic rings. The highest BCUT2D eigenvalue weighted by molar-refractivity contribution is 6.18. The maximum atomic E-state index is 10.9. The lowest BCUT2D eigenvalue weighted by molar-refractivity contribution is -0.114. The summed E-state index contributed by atoms with van der Waals surface area (Å²) in [6.07, 6.45) is 0. The Hall–Kier alpha value is -1.05. The molecule has 0 amide bonds. The maximum Gasteiger partial charge on any atom is 0.196 e. The van der Waals surface area contributed by atoms with Crippen LogP contribution in [0.5, 0.6) is 0 Å². The van der Waals surface area contributed by atoms with Gasteiger partial charge in [-0.3, -0.25) is 4.79 Å². The molecule has 0 unspecified atom stereocenters. The largest absolute Gasteiger partial charge is 0.507 e. The standard InChI is InChI=1S/C8H10O2/c1-4(2)6-7(9)5(3)8(6)10/h4,9H,3H2,1-2H3. The third kappa shape index (κ3) is 0.685. The molecular weight excluding hydrogens is 128 g/mol. The van der Waals surface area contributed by atoms with Gasteiger partial charge in [0.2, 0.25) is 0 Å². The molecule has 0 bridgehead atoms. The zero-order chi connectivity index (χ0) is 7.89. The molecule has 0 spiro atoms. The van der Waals surface area contributed by atoms with Crippen LogP contribution in [-0.2, 0) is 4.79 Å². The molecule has 0 aliphatic heterocycles. The van der Waals surface area contributed by atoms with E-state index in [4.69, 9.17) is 5.11 Å². The number of hydrogen-bond acceptors (Lipinski definition) is 2. The number of allylic oxidation sites excluding steroid dienone is 2. The smallest absolute Gasteiger partial charge is 0.196 e. The minimum atomic E-state index is -0.0903. The molecule has 0 fully saturated rings. The number of rotatable bonds is 1. The Kier molecular flexibility index (Phi) is 1.39. The van der Waals surface area contributed by atoms with Crippen molar-refractivity contribution in [3.8, 4) is 0 Å². The lowest BCUT2D eigenvalue weighted by atomic mass is 9.82. The minimum absolute atomic E-state index is 0.0903. The third-order valence-electron chi connectivity index (χ3n) is 1.64. The second-order valence-corrected chi connectivity index (χ2v) is 2.72. The first-order chi connectivity index (χ1) is 4.55. The number of carbonyl (C=O) groups excluding carboxylic acids is 1. The van der Waals surface area contributed by atoms with Crippen LogP contribution in [0.4, 0.5) is 0 Å². The van der Waals surface area contributed by atoms with Crippen LogP contribution in [-0.4, -0.2) is 10.9 Å². The first-order valence-electron chi connectivity index (χ1n) is 3.22. The Morgan fingerprint density at radius 2 is 2.00 bits per heavy atom. The summed E-state index contributed by atoms with van der Waals surface area (Å²) in [4.78, 5) is 10.9. The zero-order valence-corrected chi connectivity index (χ0v) is 6.14. The Labute approximate surface area is 59.9 Å². The Morgan fingerprint density at radius 3 is 2.20 bits per heavy atom. The van der Waals surface area contributed by atoms with E-state index in [1.165, 1.54) is 0 Å². The van der Waals surface area contributed by atoms with Gasteiger partial charge in [-0.15, -0.1) is 0 Å². The zero-order valence-electron chi connectivity index (χ0n) is 6.14. The number of carbonyl (C=O) groups is 1. The van der Waals surface area contributed by atoms with Crippen LogP contribution in [0.25, 0.3) is 0 Å². The van der Waals surface area contributed by atoms with Crippen molar-refractivity contribution in [2.75, 3.05) is 0 Å². The number of ketones is 1. The van der Waals surface area contributed by atoms with Gasteiger partial charge in [-0.25, -0.2) is 0 Å². The van der Waals surface area contributed by atoms with E-state index in [1.807, 2.05) is 13.8 Å². The first-order valence-corrected chi connectivity index (χ1v) is 3.22. The van der Waals surface area contributed by atoms with E-state index in [1.54, 1.807) is 0 Å². The van der Waals surface area contributed by atoms with Gasteiger partial charge in [0.15, 0.2) is 5.78 Å². The molecule has 0 saturated heterocycles. The lowest BCUT2D eigenvalue weighted by Gasteiger charge is -2.22. The van der Waals surface area contributed by atoms with Gasteiger partial charge >= 0.3 is 0 Å². The summed E-state index contributed by atoms with van der Waals surface area (Å²) < 4.78 is 0. The van der Waals surface area contributed by atoms with E-state index in [2.05, 4.69) is 6.58 Å². The normalized spacial score (nSPS) is 18.3. The van der Waals surface area contributed by atoms with Crippen molar-refractivity contribution in [3.05, 3.63) is 23.5 Å². The number of aliphatic hydroxyl groups is 1. The molecule has 0 atom stereocenters. The van der Waals surface area contributed by atoms with Crippen LogP contribution in [0, 0.1) is 5.92 Å². The molecule has 54 valence electrons. The Balaban J connectivity index is 3.00. The second-order valence-electron chi connectivity index (χ2n) is 2.72. The summed E-state index contributed by atoms with van der Waals surface area (Å²) in [7, 11) is 0. The van der Waals surface area contributed by atoms with E-state index in [9.17, 15) is 4.79 Å². The highest BCUT2D eigenvalue weighted by atomic mass is 16.3. The summed E-state index contributed by atoms with van der Waals surface area (Å²) >= 11 is 0. The topological polar surface area (TPSA) is 37.3 Å². The van der Waals surface area contributed by atoms with Crippen molar-refractivity contribution in [2.45, 2.75) is 13.8 Å². The van der Waals surface area contributed by atoms with Gasteiger partial charge in [0.25, 0.3) is 0 Å². The highest BCUT2D eigenvalue weighted by Crippen LogP contribution is 2.31. The number of hydrogen-bond donors (Lipinski definition) is 1. The molecule has 2 heteroatoms. The fraction of sp³-hybridized carbons (Fsp3) is 0.375. The van der Waals surface area contributed by atoms with E-state index in [0.717, 1.165) is 0 Å². The average molecular weight is 138 g/mol. The summed E-state index contributed by atoms with van der Waals surface area (Å²) in [6.45, 7) is 7.14. The van der Waals surface area contributed by atoms with Crippen molar-refractivity contribution >= 4 is 5.78 Å². The van der Waals surface area contributed by atoms with Crippen molar-refractivity contribution in [3.63, 3.8) is 0 Å². The average Bonchev–Trinajstić information content (AvgIpc) is 1.87. The summed E-state index contributed by atoms with van der Waals surface area (Å²) in [6, 6.07) is 0. The molecule has 2 nitrogen and oxygen atoms in total. The van der Waals surface area contributed by atoms with Crippen LogP contribution in [0.3, 0.4) is 0 Å². The number of Topliss-reactive ketones (excluding diaryl/α,β-unsaturated/α-hetero) is 1. The van der Waals surface area contributed by atoms with Gasteiger partial charge in [0.05, 0.1) is 5.57 Å². The van der Waals surface area contributed by atoms with Crippen molar-refractivity contribution in [1.29, 1.82) is 0 Å². The number of aliphatic hydroxyl groups excluding tert-OH is 1. The molecule has 1 N–H and O–H groups in total. The molecule has 10 heavy (non-hydrogen) atoms. The fourth-order valence-electron chi connectivity index (χ4n) is 1.01. The summed E-state index contributed by atoms with van der Waals surface area (Å²) in [5.74, 6) is 0.116. The van der Waals surface area contributed by atoms with Crippen molar-refractivity contribution in [1.82, 2.24) is 0 Å². The second kappa shape index (κ2) is 1.97. The van der Waals surface area contributed by atoms with Crippen LogP contribution in [0.15, 0.2) is 23.5 Å². The lowest BCUT2D eigenvalue weighted by Crippen LogP contribution is -2.24. The quantitative estimate of drug-likeness (QED) is 0.559. The first kappa shape index (κ1) is 7.06. The van der Waals surface area contributed by atoms with E-state index < -0.39 is 0 Å². The minimum Gasteiger partial charge on any atom is -0.507 e. The summed E-state index contributed by atoms with van der Waals surface area (Å²) in [5.41, 5.74) is 0.772. The molecule has 0 heterocycles. The molecule has 0 aromatic rings. The Bertz CT molecular complexity index is 234. The molecule has 0 radical (unpaired) electrons. The van der Waals surface area contributed by atoms with Gasteiger partial charge in [-0.05, 0) is 5.92 Å². The molecule has 0 saturated carbocycles. The van der Waals surface area contributed by atoms with Gasteiger partial charge in [-0.2, -0.15) is 0 Å². The maximum absolute atomic E-state index is 10.9. The van der Waals surface area contributed by atoms with Crippen LogP contribution in [0.1, 0.15) is 13.8 Å². The van der Waals surface area contributed by atoms with Gasteiger partial charge < -0.3 is 5.11 Å². The molecular formula is C8H10O2. The Morgan fingerprint density at radius 1 is 1.50 bits per heavy atom. The molecule has 1 aliphatic carbocycles. The van der Waals surface area contributed by atoms with Gasteiger partial charge in [0.1, 0.15) is 5.76 Å². The molecule has 0 aromatic heterocycles. The van der Waals surface area contributed by atoms with Crippen LogP contribution < -0.4 is 0 Å². The van der Waals surface area contributed by atoms with Gasteiger partial charge in [-0.1, -0.05) is 20.4 Å². The molecule has 0 aromatic carbocycles. The van der Waals surface area contributed by atoms with E-state index in [-0.39, 0.29) is 23.0 Å². The van der Waals surface area contributed by atoms with Crippen molar-refractivity contribution in [2.24, 2.45) is 5.92 Å². The summed E-state index contributed by atoms with van der Waals surface area (Å²) in [5, 5.41) is 9.08. The van der Waals surface area contributed by atoms with Crippen LogP contribution in [0.2, 0.25) is 0 Å². The highest BCUT2D eigenvalue weighted by Gasteiger charge is 2.33. The fourth-order valence-corrected chi connectivity index (χ4v) is 1.01. The van der Waals surface area contributed by atoms with E-state index in [0.29, 0.717) is 5.57 Å². The third-order valence-corrected chi connectivity index (χ3v) is 1.64. The SMILES string of the molecule is C=C1C(=O)C(C(C)C)=C1O. The predicted molar refractivity (Wildman–Crippen MR) is 38.6 cm³/mol. The van der Waals surface area contributed by atoms with Crippen LogP contribution >= 0.6 is 0 Å². The van der Waals surface area contributed by atoms with Gasteiger partial charge in [0, 0.05) is 5.57 Å². The molecule has 1 rings (SSSR count).